The molecule has 1 saturated heterocycles. The number of aromatic hydroxyl groups is 1. The lowest BCUT2D eigenvalue weighted by Crippen LogP contribution is -2.39. The maximum absolute atomic E-state index is 10.2. The Hall–Kier alpha value is -1.26. The van der Waals surface area contributed by atoms with E-state index >= 15 is 0 Å². The van der Waals surface area contributed by atoms with Crippen LogP contribution in [0.15, 0.2) is 18.2 Å². The van der Waals surface area contributed by atoms with Crippen LogP contribution in [0.1, 0.15) is 38.3 Å². The SMILES string of the molecule is CCOC1CCCN(c2ccc(C(C)NC)c(O)c2)C1. The van der Waals surface area contributed by atoms with Crippen LogP contribution >= 0.6 is 0 Å². The summed E-state index contributed by atoms with van der Waals surface area (Å²) in [5.41, 5.74) is 2.02. The average molecular weight is 278 g/mol. The molecule has 2 rings (SSSR count). The van der Waals surface area contributed by atoms with Crippen LogP contribution in [0, 0.1) is 0 Å². The first kappa shape index (κ1) is 15.1. The maximum Gasteiger partial charge on any atom is 0.122 e. The molecule has 2 atom stereocenters. The van der Waals surface area contributed by atoms with Gasteiger partial charge in [-0.1, -0.05) is 6.07 Å². The Bertz CT molecular complexity index is 434. The zero-order valence-electron chi connectivity index (χ0n) is 12.7. The summed E-state index contributed by atoms with van der Waals surface area (Å²) in [6.07, 6.45) is 2.58. The lowest BCUT2D eigenvalue weighted by Gasteiger charge is -2.34. The summed E-state index contributed by atoms with van der Waals surface area (Å²) in [6, 6.07) is 6.13. The van der Waals surface area contributed by atoms with Gasteiger partial charge in [0.05, 0.1) is 6.10 Å². The van der Waals surface area contributed by atoms with Crippen LogP contribution in [0.25, 0.3) is 0 Å². The average Bonchev–Trinajstić information content (AvgIpc) is 2.47. The molecule has 1 aliphatic rings. The zero-order chi connectivity index (χ0) is 14.5. The minimum atomic E-state index is 0.154. The molecule has 4 heteroatoms. The van der Waals surface area contributed by atoms with Crippen LogP contribution in [-0.2, 0) is 4.74 Å². The van der Waals surface area contributed by atoms with Crippen molar-refractivity contribution >= 4 is 5.69 Å². The summed E-state index contributed by atoms with van der Waals surface area (Å²) in [7, 11) is 1.90. The Labute approximate surface area is 121 Å². The second-order valence-corrected chi connectivity index (χ2v) is 5.42. The van der Waals surface area contributed by atoms with Crippen LogP contribution < -0.4 is 10.2 Å². The number of benzene rings is 1. The van der Waals surface area contributed by atoms with Gasteiger partial charge in [-0.15, -0.1) is 0 Å². The van der Waals surface area contributed by atoms with Gasteiger partial charge in [-0.05, 0) is 39.8 Å². The molecule has 1 aliphatic heterocycles. The number of phenolic OH excluding ortho intramolecular Hbond substituents is 1. The Morgan fingerprint density at radius 3 is 2.95 bits per heavy atom. The third kappa shape index (κ3) is 3.44. The third-order valence-corrected chi connectivity index (χ3v) is 4.06. The molecular formula is C16H26N2O2. The number of piperidine rings is 1. The lowest BCUT2D eigenvalue weighted by atomic mass is 10.0. The van der Waals surface area contributed by atoms with Crippen LogP contribution in [0.4, 0.5) is 5.69 Å². The van der Waals surface area contributed by atoms with Crippen molar-refractivity contribution in [2.45, 2.75) is 38.8 Å². The number of nitrogens with zero attached hydrogens (tertiary/aromatic N) is 1. The van der Waals surface area contributed by atoms with Gasteiger partial charge in [0.15, 0.2) is 0 Å². The van der Waals surface area contributed by atoms with E-state index in [0.717, 1.165) is 43.8 Å². The Morgan fingerprint density at radius 2 is 2.30 bits per heavy atom. The van der Waals surface area contributed by atoms with Crippen molar-refractivity contribution in [3.05, 3.63) is 23.8 Å². The molecule has 112 valence electrons. The van der Waals surface area contributed by atoms with Gasteiger partial charge in [-0.2, -0.15) is 0 Å². The van der Waals surface area contributed by atoms with Crippen LogP contribution in [0.3, 0.4) is 0 Å². The molecule has 0 amide bonds. The fraction of sp³-hybridized carbons (Fsp3) is 0.625. The number of hydrogen-bond acceptors (Lipinski definition) is 4. The van der Waals surface area contributed by atoms with Gasteiger partial charge in [-0.25, -0.2) is 0 Å². The van der Waals surface area contributed by atoms with E-state index in [0.29, 0.717) is 11.9 Å². The summed E-state index contributed by atoms with van der Waals surface area (Å²) in [6.45, 7) is 6.79. The molecule has 2 unspecified atom stereocenters. The van der Waals surface area contributed by atoms with Gasteiger partial charge < -0.3 is 20.1 Å². The monoisotopic (exact) mass is 278 g/mol. The largest absolute Gasteiger partial charge is 0.508 e. The number of phenols is 1. The van der Waals surface area contributed by atoms with Gasteiger partial charge in [0.2, 0.25) is 0 Å². The van der Waals surface area contributed by atoms with E-state index in [9.17, 15) is 5.11 Å². The number of ether oxygens (including phenoxy) is 1. The van der Waals surface area contributed by atoms with E-state index in [1.54, 1.807) is 0 Å². The van der Waals surface area contributed by atoms with Gasteiger partial charge in [0.1, 0.15) is 5.75 Å². The highest BCUT2D eigenvalue weighted by atomic mass is 16.5. The number of rotatable bonds is 5. The minimum absolute atomic E-state index is 0.154. The van der Waals surface area contributed by atoms with Crippen molar-refractivity contribution < 1.29 is 9.84 Å². The van der Waals surface area contributed by atoms with E-state index in [1.165, 1.54) is 0 Å². The molecule has 20 heavy (non-hydrogen) atoms. The molecule has 2 N–H and O–H groups in total. The molecule has 0 radical (unpaired) electrons. The van der Waals surface area contributed by atoms with Crippen LogP contribution in [0.2, 0.25) is 0 Å². The van der Waals surface area contributed by atoms with Crippen molar-refractivity contribution in [1.29, 1.82) is 0 Å². The fourth-order valence-electron chi connectivity index (χ4n) is 2.79. The highest BCUT2D eigenvalue weighted by molar-refractivity contribution is 5.54. The molecule has 1 aromatic rings. The Balaban J connectivity index is 2.10. The summed E-state index contributed by atoms with van der Waals surface area (Å²) in [5.74, 6) is 0.364. The van der Waals surface area contributed by atoms with E-state index in [-0.39, 0.29) is 6.04 Å². The molecule has 0 bridgehead atoms. The Kier molecular flexibility index (Phi) is 5.26. The highest BCUT2D eigenvalue weighted by Crippen LogP contribution is 2.30. The summed E-state index contributed by atoms with van der Waals surface area (Å²) in [5, 5.41) is 13.3. The first-order valence-electron chi connectivity index (χ1n) is 7.52. The van der Waals surface area contributed by atoms with Gasteiger partial charge >= 0.3 is 0 Å². The molecule has 0 spiro atoms. The maximum atomic E-state index is 10.2. The Morgan fingerprint density at radius 1 is 1.50 bits per heavy atom. The second kappa shape index (κ2) is 6.95. The number of hydrogen-bond donors (Lipinski definition) is 2. The van der Waals surface area contributed by atoms with Crippen molar-refractivity contribution in [2.24, 2.45) is 0 Å². The van der Waals surface area contributed by atoms with E-state index in [4.69, 9.17) is 4.74 Å². The standard InChI is InChI=1S/C16H26N2O2/c1-4-20-14-6-5-9-18(11-14)13-7-8-15(12(2)17-3)16(19)10-13/h7-8,10,12,14,17,19H,4-6,9,11H2,1-3H3. The molecule has 1 fully saturated rings. The first-order chi connectivity index (χ1) is 9.65. The van der Waals surface area contributed by atoms with Gasteiger partial charge in [0, 0.05) is 43.1 Å². The van der Waals surface area contributed by atoms with Crippen molar-refractivity contribution in [3.63, 3.8) is 0 Å². The summed E-state index contributed by atoms with van der Waals surface area (Å²) in [4.78, 5) is 2.30. The quantitative estimate of drug-likeness (QED) is 0.869. The number of anilines is 1. The predicted octanol–water partition coefficient (Wildman–Crippen LogP) is 2.68. The number of nitrogens with one attached hydrogen (secondary N) is 1. The zero-order valence-corrected chi connectivity index (χ0v) is 12.7. The molecule has 0 aliphatic carbocycles. The van der Waals surface area contributed by atoms with Crippen molar-refractivity contribution in [2.75, 3.05) is 31.6 Å². The van der Waals surface area contributed by atoms with Crippen LogP contribution in [0.5, 0.6) is 5.75 Å². The molecule has 0 saturated carbocycles. The van der Waals surface area contributed by atoms with Gasteiger partial charge in [-0.3, -0.25) is 0 Å². The second-order valence-electron chi connectivity index (χ2n) is 5.42. The summed E-state index contributed by atoms with van der Waals surface area (Å²) < 4.78 is 5.73. The first-order valence-corrected chi connectivity index (χ1v) is 7.52. The van der Waals surface area contributed by atoms with E-state index in [2.05, 4.69) is 16.3 Å². The molecule has 1 aromatic carbocycles. The van der Waals surface area contributed by atoms with Crippen molar-refractivity contribution in [1.82, 2.24) is 5.32 Å². The van der Waals surface area contributed by atoms with Crippen molar-refractivity contribution in [3.8, 4) is 5.75 Å². The predicted molar refractivity (Wildman–Crippen MR) is 82.4 cm³/mol. The van der Waals surface area contributed by atoms with E-state index in [1.807, 2.05) is 33.0 Å². The molecule has 0 aromatic heterocycles. The van der Waals surface area contributed by atoms with Crippen LogP contribution in [-0.4, -0.2) is 38.0 Å². The van der Waals surface area contributed by atoms with E-state index < -0.39 is 0 Å². The topological polar surface area (TPSA) is 44.7 Å². The lowest BCUT2D eigenvalue weighted by molar-refractivity contribution is 0.0526. The highest BCUT2D eigenvalue weighted by Gasteiger charge is 2.21. The summed E-state index contributed by atoms with van der Waals surface area (Å²) >= 11 is 0. The fourth-order valence-corrected chi connectivity index (χ4v) is 2.79. The third-order valence-electron chi connectivity index (χ3n) is 4.06. The molecule has 4 nitrogen and oxygen atoms in total. The molecule has 1 heterocycles. The molecular weight excluding hydrogens is 252 g/mol. The smallest absolute Gasteiger partial charge is 0.122 e. The van der Waals surface area contributed by atoms with Gasteiger partial charge in [0.25, 0.3) is 0 Å². The normalized spacial score (nSPS) is 20.9. The minimum Gasteiger partial charge on any atom is -0.508 e.